The fourth-order valence-electron chi connectivity index (χ4n) is 2.74. The van der Waals surface area contributed by atoms with Gasteiger partial charge in [-0.2, -0.15) is 0 Å². The van der Waals surface area contributed by atoms with E-state index in [1.807, 2.05) is 31.2 Å². The van der Waals surface area contributed by atoms with E-state index in [-0.39, 0.29) is 18.1 Å². The number of aromatic amines is 1. The van der Waals surface area contributed by atoms with Crippen molar-refractivity contribution in [2.24, 2.45) is 0 Å². The van der Waals surface area contributed by atoms with E-state index in [4.69, 9.17) is 9.47 Å². The maximum atomic E-state index is 12.1. The highest BCUT2D eigenvalue weighted by molar-refractivity contribution is 5.94. The molecule has 2 aromatic carbocycles. The van der Waals surface area contributed by atoms with Crippen molar-refractivity contribution in [1.29, 1.82) is 0 Å². The molecule has 1 aromatic heterocycles. The number of anilines is 1. The van der Waals surface area contributed by atoms with Crippen molar-refractivity contribution in [3.63, 3.8) is 0 Å². The minimum Gasteiger partial charge on any atom is -0.484 e. The summed E-state index contributed by atoms with van der Waals surface area (Å²) in [7, 11) is 1.58. The number of carbonyl (C=O) groups excluding carboxylic acids is 1. The van der Waals surface area contributed by atoms with Gasteiger partial charge in [-0.1, -0.05) is 18.2 Å². The monoisotopic (exact) mass is 352 g/mol. The molecule has 0 saturated heterocycles. The molecule has 0 aliphatic carbocycles. The predicted molar refractivity (Wildman–Crippen MR) is 101 cm³/mol. The summed E-state index contributed by atoms with van der Waals surface area (Å²) < 4.78 is 10.6. The number of H-pyrrole nitrogens is 1. The van der Waals surface area contributed by atoms with Gasteiger partial charge in [0.1, 0.15) is 5.75 Å². The minimum absolute atomic E-state index is 0.0955. The number of aromatic nitrogens is 1. The average molecular weight is 352 g/mol. The van der Waals surface area contributed by atoms with Gasteiger partial charge in [-0.25, -0.2) is 0 Å². The number of fused-ring (bicyclic) bond motifs is 1. The summed E-state index contributed by atoms with van der Waals surface area (Å²) in [6, 6.07) is 14.4. The number of benzene rings is 2. The smallest absolute Gasteiger partial charge is 0.262 e. The van der Waals surface area contributed by atoms with Gasteiger partial charge in [-0.15, -0.1) is 0 Å². The number of methoxy groups -OCH3 is 1. The number of nitrogens with one attached hydrogen (secondary N) is 2. The van der Waals surface area contributed by atoms with Crippen LogP contribution in [0.25, 0.3) is 10.9 Å². The summed E-state index contributed by atoms with van der Waals surface area (Å²) in [5.41, 5.74) is 2.87. The second-order valence-corrected chi connectivity index (χ2v) is 6.01. The Kier molecular flexibility index (Phi) is 5.34. The molecule has 0 fully saturated rings. The second-order valence-electron chi connectivity index (χ2n) is 6.01. The first-order valence-corrected chi connectivity index (χ1v) is 8.19. The first-order chi connectivity index (χ1) is 12.5. The molecule has 0 bridgehead atoms. The van der Waals surface area contributed by atoms with Crippen LogP contribution in [0.5, 0.6) is 5.75 Å². The van der Waals surface area contributed by atoms with Crippen molar-refractivity contribution in [2.45, 2.75) is 13.5 Å². The van der Waals surface area contributed by atoms with Gasteiger partial charge in [0.05, 0.1) is 12.1 Å². The molecule has 134 valence electrons. The highest BCUT2D eigenvalue weighted by Gasteiger charge is 2.08. The maximum Gasteiger partial charge on any atom is 0.262 e. The fourth-order valence-corrected chi connectivity index (χ4v) is 2.74. The number of amides is 1. The van der Waals surface area contributed by atoms with Crippen molar-refractivity contribution in [3.05, 3.63) is 70.0 Å². The van der Waals surface area contributed by atoms with E-state index in [0.717, 1.165) is 16.5 Å². The number of rotatable bonds is 6. The molecule has 1 heterocycles. The lowest BCUT2D eigenvalue weighted by molar-refractivity contribution is -0.118. The van der Waals surface area contributed by atoms with Gasteiger partial charge < -0.3 is 19.8 Å². The van der Waals surface area contributed by atoms with Gasteiger partial charge in [0.15, 0.2) is 6.61 Å². The Bertz CT molecular complexity index is 995. The Labute approximate surface area is 150 Å². The summed E-state index contributed by atoms with van der Waals surface area (Å²) >= 11 is 0. The first kappa shape index (κ1) is 17.7. The number of pyridine rings is 1. The van der Waals surface area contributed by atoms with Crippen LogP contribution in [0.1, 0.15) is 11.1 Å². The Balaban J connectivity index is 1.72. The van der Waals surface area contributed by atoms with Gasteiger partial charge in [0.25, 0.3) is 5.91 Å². The lowest BCUT2D eigenvalue weighted by atomic mass is 10.1. The van der Waals surface area contributed by atoms with Crippen LogP contribution >= 0.6 is 0 Å². The normalized spacial score (nSPS) is 10.7. The Morgan fingerprint density at radius 2 is 2.00 bits per heavy atom. The molecule has 0 spiro atoms. The molecular formula is C20H20N2O4. The third-order valence-corrected chi connectivity index (χ3v) is 3.87. The van der Waals surface area contributed by atoms with E-state index in [2.05, 4.69) is 10.3 Å². The zero-order valence-corrected chi connectivity index (χ0v) is 14.7. The summed E-state index contributed by atoms with van der Waals surface area (Å²) in [5.74, 6) is 0.369. The molecule has 0 unspecified atom stereocenters. The quantitative estimate of drug-likeness (QED) is 0.715. The van der Waals surface area contributed by atoms with Gasteiger partial charge in [-0.05, 0) is 42.3 Å². The van der Waals surface area contributed by atoms with Crippen molar-refractivity contribution < 1.29 is 14.3 Å². The van der Waals surface area contributed by atoms with Crippen LogP contribution in [0.4, 0.5) is 5.69 Å². The van der Waals surface area contributed by atoms with Crippen molar-refractivity contribution in [3.8, 4) is 5.75 Å². The summed E-state index contributed by atoms with van der Waals surface area (Å²) in [6.07, 6.45) is 0. The molecule has 3 rings (SSSR count). The molecule has 0 aliphatic rings. The van der Waals surface area contributed by atoms with Crippen LogP contribution in [0.3, 0.4) is 0 Å². The topological polar surface area (TPSA) is 80.4 Å². The third-order valence-electron chi connectivity index (χ3n) is 3.87. The molecule has 26 heavy (non-hydrogen) atoms. The van der Waals surface area contributed by atoms with E-state index in [1.165, 1.54) is 6.07 Å². The van der Waals surface area contributed by atoms with Crippen LogP contribution in [0, 0.1) is 6.92 Å². The molecule has 1 amide bonds. The SMILES string of the molecule is COCc1cc(=O)[nH]c2cc(NC(=O)COc3cccc(C)c3)ccc12. The van der Waals surface area contributed by atoms with Crippen molar-refractivity contribution in [2.75, 3.05) is 19.0 Å². The van der Waals surface area contributed by atoms with E-state index in [9.17, 15) is 9.59 Å². The summed E-state index contributed by atoms with van der Waals surface area (Å²) in [6.45, 7) is 2.21. The van der Waals surface area contributed by atoms with Gasteiger partial charge >= 0.3 is 0 Å². The molecule has 0 saturated carbocycles. The minimum atomic E-state index is -0.277. The molecule has 3 aromatic rings. The largest absolute Gasteiger partial charge is 0.484 e. The molecule has 6 heteroatoms. The third kappa shape index (κ3) is 4.29. The van der Waals surface area contributed by atoms with Crippen LogP contribution < -0.4 is 15.6 Å². The van der Waals surface area contributed by atoms with Crippen LogP contribution in [-0.4, -0.2) is 24.6 Å². The highest BCUT2D eigenvalue weighted by atomic mass is 16.5. The van der Waals surface area contributed by atoms with Gasteiger partial charge in [0, 0.05) is 24.2 Å². The second kappa shape index (κ2) is 7.84. The Hall–Kier alpha value is -3.12. The zero-order chi connectivity index (χ0) is 18.5. The molecule has 0 radical (unpaired) electrons. The van der Waals surface area contributed by atoms with Crippen molar-refractivity contribution >= 4 is 22.5 Å². The number of hydrogen-bond donors (Lipinski definition) is 2. The Morgan fingerprint density at radius 3 is 2.77 bits per heavy atom. The predicted octanol–water partition coefficient (Wildman–Crippen LogP) is 3.00. The number of ether oxygens (including phenoxy) is 2. The molecule has 0 atom stereocenters. The number of hydrogen-bond acceptors (Lipinski definition) is 4. The molecule has 2 N–H and O–H groups in total. The maximum absolute atomic E-state index is 12.1. The standard InChI is InChI=1S/C20H20N2O4/c1-13-4-3-5-16(8-13)26-12-20(24)21-15-6-7-17-14(11-25-2)9-19(23)22-18(17)10-15/h3-10H,11-12H2,1-2H3,(H,21,24)(H,22,23). The number of aryl methyl sites for hydroxylation is 1. The van der Waals surface area contributed by atoms with Crippen LogP contribution in [-0.2, 0) is 16.1 Å². The van der Waals surface area contributed by atoms with Gasteiger partial charge in [-0.3, -0.25) is 9.59 Å². The van der Waals surface area contributed by atoms with Gasteiger partial charge in [0.2, 0.25) is 5.56 Å². The molecular weight excluding hydrogens is 332 g/mol. The number of carbonyl (C=O) groups is 1. The van der Waals surface area contributed by atoms with Crippen LogP contribution in [0.15, 0.2) is 53.3 Å². The molecule has 0 aliphatic heterocycles. The summed E-state index contributed by atoms with van der Waals surface area (Å²) in [4.78, 5) is 26.7. The Morgan fingerprint density at radius 1 is 1.15 bits per heavy atom. The van der Waals surface area contributed by atoms with Crippen LogP contribution in [0.2, 0.25) is 0 Å². The fraction of sp³-hybridized carbons (Fsp3) is 0.200. The zero-order valence-electron chi connectivity index (χ0n) is 14.7. The highest BCUT2D eigenvalue weighted by Crippen LogP contribution is 2.20. The lowest BCUT2D eigenvalue weighted by Gasteiger charge is -2.10. The van der Waals surface area contributed by atoms with E-state index in [1.54, 1.807) is 25.3 Å². The average Bonchev–Trinajstić information content (AvgIpc) is 2.60. The summed E-state index contributed by atoms with van der Waals surface area (Å²) in [5, 5.41) is 3.65. The van der Waals surface area contributed by atoms with Crippen molar-refractivity contribution in [1.82, 2.24) is 4.98 Å². The lowest BCUT2D eigenvalue weighted by Crippen LogP contribution is -2.20. The van der Waals surface area contributed by atoms with E-state index >= 15 is 0 Å². The molecule has 6 nitrogen and oxygen atoms in total. The first-order valence-electron chi connectivity index (χ1n) is 8.19. The van der Waals surface area contributed by atoms with E-state index < -0.39 is 0 Å². The van der Waals surface area contributed by atoms with E-state index in [0.29, 0.717) is 23.6 Å².